The van der Waals surface area contributed by atoms with E-state index in [4.69, 9.17) is 22.1 Å². The molecule has 0 saturated carbocycles. The third-order valence-corrected chi connectivity index (χ3v) is 3.39. The number of hydrogen-bond acceptors (Lipinski definition) is 4. The Kier molecular flexibility index (Phi) is 5.20. The van der Waals surface area contributed by atoms with E-state index in [2.05, 4.69) is 0 Å². The number of phenols is 1. The van der Waals surface area contributed by atoms with Crippen molar-refractivity contribution >= 4 is 17.6 Å². The van der Waals surface area contributed by atoms with E-state index in [1.807, 2.05) is 12.1 Å². The minimum Gasteiger partial charge on any atom is -0.508 e. The molecule has 2 aromatic carbocycles. The maximum atomic E-state index is 11.9. The Morgan fingerprint density at radius 3 is 2.52 bits per heavy atom. The van der Waals surface area contributed by atoms with Gasteiger partial charge in [-0.05, 0) is 30.2 Å². The number of phenolic OH excluding ortho intramolecular Hbond substituents is 1. The van der Waals surface area contributed by atoms with Gasteiger partial charge < -0.3 is 15.6 Å². The summed E-state index contributed by atoms with van der Waals surface area (Å²) in [4.78, 5) is 11.9. The van der Waals surface area contributed by atoms with Crippen molar-refractivity contribution in [3.63, 3.8) is 0 Å². The van der Waals surface area contributed by atoms with Crippen LogP contribution in [0.1, 0.15) is 11.1 Å². The van der Waals surface area contributed by atoms with E-state index in [1.165, 1.54) is 0 Å². The molecule has 0 bridgehead atoms. The zero-order valence-corrected chi connectivity index (χ0v) is 12.1. The smallest absolute Gasteiger partial charge is 0.323 e. The van der Waals surface area contributed by atoms with E-state index < -0.39 is 12.0 Å². The van der Waals surface area contributed by atoms with E-state index in [0.29, 0.717) is 11.4 Å². The molecule has 0 saturated heterocycles. The molecule has 4 nitrogen and oxygen atoms in total. The Hall–Kier alpha value is -2.04. The van der Waals surface area contributed by atoms with Gasteiger partial charge >= 0.3 is 5.97 Å². The Balaban J connectivity index is 1.88. The SMILES string of the molecule is NC(Cc1ccc(O)cc1)C(=O)OCc1ccccc1Cl. The first kappa shape index (κ1) is 15.4. The van der Waals surface area contributed by atoms with E-state index in [9.17, 15) is 9.90 Å². The summed E-state index contributed by atoms with van der Waals surface area (Å²) in [6.45, 7) is 0.0990. The molecule has 0 amide bonds. The number of esters is 1. The Morgan fingerprint density at radius 2 is 1.86 bits per heavy atom. The highest BCUT2D eigenvalue weighted by Crippen LogP contribution is 2.16. The first-order chi connectivity index (χ1) is 10.1. The maximum Gasteiger partial charge on any atom is 0.323 e. The highest BCUT2D eigenvalue weighted by atomic mass is 35.5. The fourth-order valence-electron chi connectivity index (χ4n) is 1.84. The van der Waals surface area contributed by atoms with Crippen LogP contribution < -0.4 is 5.73 Å². The Bertz CT molecular complexity index is 613. The van der Waals surface area contributed by atoms with Crippen LogP contribution in [-0.2, 0) is 22.6 Å². The number of carbonyl (C=O) groups is 1. The van der Waals surface area contributed by atoms with E-state index >= 15 is 0 Å². The van der Waals surface area contributed by atoms with Crippen LogP contribution in [0, 0.1) is 0 Å². The second-order valence-corrected chi connectivity index (χ2v) is 5.08. The summed E-state index contributed by atoms with van der Waals surface area (Å²) in [6.07, 6.45) is 0.349. The summed E-state index contributed by atoms with van der Waals surface area (Å²) in [5, 5.41) is 9.75. The molecule has 1 unspecified atom stereocenters. The average Bonchev–Trinajstić information content (AvgIpc) is 2.48. The maximum absolute atomic E-state index is 11.9. The van der Waals surface area contributed by atoms with Crippen LogP contribution in [0.4, 0.5) is 0 Å². The van der Waals surface area contributed by atoms with Crippen LogP contribution in [-0.4, -0.2) is 17.1 Å². The lowest BCUT2D eigenvalue weighted by atomic mass is 10.1. The van der Waals surface area contributed by atoms with Crippen molar-refractivity contribution in [2.75, 3.05) is 0 Å². The van der Waals surface area contributed by atoms with Gasteiger partial charge in [-0.25, -0.2) is 0 Å². The molecule has 0 aromatic heterocycles. The summed E-state index contributed by atoms with van der Waals surface area (Å²) in [6, 6.07) is 13.0. The van der Waals surface area contributed by atoms with Crippen LogP contribution in [0.15, 0.2) is 48.5 Å². The zero-order chi connectivity index (χ0) is 15.2. The van der Waals surface area contributed by atoms with Crippen molar-refractivity contribution in [2.45, 2.75) is 19.1 Å². The molecule has 2 rings (SSSR count). The minimum absolute atomic E-state index is 0.0990. The normalized spacial score (nSPS) is 11.9. The van der Waals surface area contributed by atoms with E-state index in [-0.39, 0.29) is 12.4 Å². The lowest BCUT2D eigenvalue weighted by molar-refractivity contribution is -0.146. The lowest BCUT2D eigenvalue weighted by Gasteiger charge is -2.12. The number of ether oxygens (including phenoxy) is 1. The highest BCUT2D eigenvalue weighted by molar-refractivity contribution is 6.31. The lowest BCUT2D eigenvalue weighted by Crippen LogP contribution is -2.34. The number of aromatic hydroxyl groups is 1. The summed E-state index contributed by atoms with van der Waals surface area (Å²) in [7, 11) is 0. The summed E-state index contributed by atoms with van der Waals surface area (Å²) in [5.41, 5.74) is 7.42. The quantitative estimate of drug-likeness (QED) is 0.833. The van der Waals surface area contributed by atoms with Gasteiger partial charge in [-0.2, -0.15) is 0 Å². The van der Waals surface area contributed by atoms with Crippen LogP contribution >= 0.6 is 11.6 Å². The number of rotatable bonds is 5. The second kappa shape index (κ2) is 7.11. The molecule has 0 spiro atoms. The molecular weight excluding hydrogens is 290 g/mol. The number of halogens is 1. The van der Waals surface area contributed by atoms with Gasteiger partial charge in [-0.1, -0.05) is 41.9 Å². The van der Waals surface area contributed by atoms with Crippen molar-refractivity contribution in [1.29, 1.82) is 0 Å². The van der Waals surface area contributed by atoms with Gasteiger partial charge in [0.2, 0.25) is 0 Å². The van der Waals surface area contributed by atoms with Crippen molar-refractivity contribution in [2.24, 2.45) is 5.73 Å². The van der Waals surface area contributed by atoms with Gasteiger partial charge in [0.15, 0.2) is 0 Å². The van der Waals surface area contributed by atoms with Crippen LogP contribution in [0.5, 0.6) is 5.75 Å². The Morgan fingerprint density at radius 1 is 1.19 bits per heavy atom. The van der Waals surface area contributed by atoms with E-state index in [1.54, 1.807) is 36.4 Å². The monoisotopic (exact) mass is 305 g/mol. The molecule has 2 aromatic rings. The largest absolute Gasteiger partial charge is 0.508 e. The summed E-state index contributed by atoms with van der Waals surface area (Å²) < 4.78 is 5.17. The number of benzene rings is 2. The predicted molar refractivity (Wildman–Crippen MR) is 81.0 cm³/mol. The van der Waals surface area contributed by atoms with Gasteiger partial charge in [-0.15, -0.1) is 0 Å². The standard InChI is InChI=1S/C16H16ClNO3/c17-14-4-2-1-3-12(14)10-21-16(20)15(18)9-11-5-7-13(19)8-6-11/h1-8,15,19H,9-10,18H2. The average molecular weight is 306 g/mol. The zero-order valence-electron chi connectivity index (χ0n) is 11.3. The number of carbonyl (C=O) groups excluding carboxylic acids is 1. The van der Waals surface area contributed by atoms with Crippen LogP contribution in [0.25, 0.3) is 0 Å². The number of hydrogen-bond donors (Lipinski definition) is 2. The fourth-order valence-corrected chi connectivity index (χ4v) is 2.03. The van der Waals surface area contributed by atoms with Gasteiger partial charge in [0.1, 0.15) is 18.4 Å². The summed E-state index contributed by atoms with van der Waals surface area (Å²) >= 11 is 5.99. The molecule has 0 aliphatic carbocycles. The molecule has 0 aliphatic heterocycles. The van der Waals surface area contributed by atoms with Crippen molar-refractivity contribution in [1.82, 2.24) is 0 Å². The molecular formula is C16H16ClNO3. The van der Waals surface area contributed by atoms with E-state index in [0.717, 1.165) is 11.1 Å². The van der Waals surface area contributed by atoms with Gasteiger partial charge in [-0.3, -0.25) is 4.79 Å². The minimum atomic E-state index is -0.753. The fraction of sp³-hybridized carbons (Fsp3) is 0.188. The van der Waals surface area contributed by atoms with Crippen molar-refractivity contribution in [3.8, 4) is 5.75 Å². The van der Waals surface area contributed by atoms with Crippen molar-refractivity contribution in [3.05, 3.63) is 64.7 Å². The highest BCUT2D eigenvalue weighted by Gasteiger charge is 2.16. The summed E-state index contributed by atoms with van der Waals surface area (Å²) in [5.74, 6) is -0.309. The first-order valence-corrected chi connectivity index (χ1v) is 6.87. The van der Waals surface area contributed by atoms with Gasteiger partial charge in [0.25, 0.3) is 0 Å². The van der Waals surface area contributed by atoms with Gasteiger partial charge in [0, 0.05) is 10.6 Å². The molecule has 0 aliphatic rings. The molecule has 0 heterocycles. The Labute approximate surface area is 128 Å². The topological polar surface area (TPSA) is 72.5 Å². The van der Waals surface area contributed by atoms with Crippen molar-refractivity contribution < 1.29 is 14.6 Å². The number of nitrogens with two attached hydrogens (primary N) is 1. The third kappa shape index (κ3) is 4.48. The third-order valence-electron chi connectivity index (χ3n) is 3.02. The van der Waals surface area contributed by atoms with Crippen LogP contribution in [0.2, 0.25) is 5.02 Å². The molecule has 3 N–H and O–H groups in total. The van der Waals surface area contributed by atoms with Gasteiger partial charge in [0.05, 0.1) is 0 Å². The predicted octanol–water partition coefficient (Wildman–Crippen LogP) is 2.66. The molecule has 21 heavy (non-hydrogen) atoms. The molecule has 110 valence electrons. The first-order valence-electron chi connectivity index (χ1n) is 6.50. The molecule has 1 atom stereocenters. The molecule has 5 heteroatoms. The molecule has 0 radical (unpaired) electrons. The second-order valence-electron chi connectivity index (χ2n) is 4.68. The van der Waals surface area contributed by atoms with Crippen LogP contribution in [0.3, 0.4) is 0 Å². The molecule has 0 fully saturated rings.